The van der Waals surface area contributed by atoms with Crippen LogP contribution in [0.25, 0.3) is 10.9 Å². The van der Waals surface area contributed by atoms with E-state index in [4.69, 9.17) is 21.1 Å². The maximum absolute atomic E-state index is 12.2. The fourth-order valence-corrected chi connectivity index (χ4v) is 3.96. The van der Waals surface area contributed by atoms with Crippen LogP contribution in [0.5, 0.6) is 11.5 Å². The second kappa shape index (κ2) is 9.62. The van der Waals surface area contributed by atoms with Crippen molar-refractivity contribution in [3.8, 4) is 11.5 Å². The van der Waals surface area contributed by atoms with Crippen LogP contribution >= 0.6 is 23.4 Å². The van der Waals surface area contributed by atoms with Gasteiger partial charge in [0, 0.05) is 21.5 Å². The van der Waals surface area contributed by atoms with Gasteiger partial charge in [0.25, 0.3) is 0 Å². The normalized spacial score (nSPS) is 11.0. The lowest BCUT2D eigenvalue weighted by Crippen LogP contribution is -2.19. The van der Waals surface area contributed by atoms with Crippen molar-refractivity contribution < 1.29 is 14.3 Å². The van der Waals surface area contributed by atoms with Gasteiger partial charge in [-0.05, 0) is 31.2 Å². The van der Waals surface area contributed by atoms with Crippen molar-refractivity contribution in [2.24, 2.45) is 5.10 Å². The van der Waals surface area contributed by atoms with Gasteiger partial charge in [0.1, 0.15) is 0 Å². The molecule has 8 heteroatoms. The number of aryl methyl sites for hydroxylation is 1. The number of thioether (sulfide) groups is 1. The Bertz CT molecular complexity index is 1070. The molecule has 0 bridgehead atoms. The smallest absolute Gasteiger partial charge is 0.250 e. The van der Waals surface area contributed by atoms with E-state index in [9.17, 15) is 4.79 Å². The number of methoxy groups -OCH3 is 2. The molecule has 3 aromatic rings. The molecule has 0 atom stereocenters. The number of aromatic nitrogens is 1. The van der Waals surface area contributed by atoms with Crippen LogP contribution in [0.3, 0.4) is 0 Å². The lowest BCUT2D eigenvalue weighted by molar-refractivity contribution is -0.118. The Hall–Kier alpha value is -2.77. The predicted octanol–water partition coefficient (Wildman–Crippen LogP) is 4.46. The zero-order chi connectivity index (χ0) is 20.8. The minimum absolute atomic E-state index is 0.221. The van der Waals surface area contributed by atoms with E-state index in [1.165, 1.54) is 32.2 Å². The first-order valence-electron chi connectivity index (χ1n) is 8.75. The molecule has 1 N–H and O–H groups in total. The summed E-state index contributed by atoms with van der Waals surface area (Å²) in [6.07, 6.45) is 1.47. The third-order valence-corrected chi connectivity index (χ3v) is 5.52. The molecule has 150 valence electrons. The minimum Gasteiger partial charge on any atom is -0.493 e. The number of para-hydroxylation sites is 1. The second-order valence-corrected chi connectivity index (χ2v) is 7.46. The van der Waals surface area contributed by atoms with Crippen LogP contribution in [0, 0.1) is 6.92 Å². The van der Waals surface area contributed by atoms with E-state index >= 15 is 0 Å². The Morgan fingerprint density at radius 1 is 1.24 bits per heavy atom. The number of carbonyl (C=O) groups is 1. The molecule has 0 radical (unpaired) electrons. The number of nitrogens with one attached hydrogen (secondary N) is 1. The number of amides is 1. The summed E-state index contributed by atoms with van der Waals surface area (Å²) < 4.78 is 10.4. The van der Waals surface area contributed by atoms with E-state index in [1.54, 1.807) is 12.1 Å². The number of halogens is 1. The van der Waals surface area contributed by atoms with E-state index in [0.717, 1.165) is 21.5 Å². The number of hydrogen-bond acceptors (Lipinski definition) is 6. The Morgan fingerprint density at radius 2 is 2.03 bits per heavy atom. The molecule has 6 nitrogen and oxygen atoms in total. The van der Waals surface area contributed by atoms with E-state index in [2.05, 4.69) is 15.5 Å². The molecular weight excluding hydrogens is 410 g/mol. The average molecular weight is 430 g/mol. The maximum atomic E-state index is 12.2. The molecule has 3 rings (SSSR count). The first kappa shape index (κ1) is 21.0. The molecule has 1 amide bonds. The lowest BCUT2D eigenvalue weighted by Gasteiger charge is -2.10. The largest absolute Gasteiger partial charge is 0.493 e. The van der Waals surface area contributed by atoms with Crippen LogP contribution < -0.4 is 14.9 Å². The maximum Gasteiger partial charge on any atom is 0.250 e. The Balaban J connectivity index is 1.64. The quantitative estimate of drug-likeness (QED) is 0.341. The van der Waals surface area contributed by atoms with Crippen molar-refractivity contribution >= 4 is 46.4 Å². The fourth-order valence-electron chi connectivity index (χ4n) is 2.74. The lowest BCUT2D eigenvalue weighted by atomic mass is 10.2. The van der Waals surface area contributed by atoms with E-state index < -0.39 is 0 Å². The number of hydrogen-bond donors (Lipinski definition) is 1. The number of pyridine rings is 1. The van der Waals surface area contributed by atoms with E-state index in [0.29, 0.717) is 22.1 Å². The molecule has 0 saturated heterocycles. The van der Waals surface area contributed by atoms with Gasteiger partial charge in [-0.15, -0.1) is 11.8 Å². The molecule has 0 spiro atoms. The number of benzene rings is 2. The first-order valence-corrected chi connectivity index (χ1v) is 10.1. The first-order chi connectivity index (χ1) is 14.0. The van der Waals surface area contributed by atoms with Crippen molar-refractivity contribution in [2.45, 2.75) is 11.8 Å². The van der Waals surface area contributed by atoms with Gasteiger partial charge < -0.3 is 9.47 Å². The molecule has 0 unspecified atom stereocenters. The van der Waals surface area contributed by atoms with Crippen LogP contribution in [-0.2, 0) is 4.79 Å². The molecule has 0 aliphatic rings. The number of fused-ring (bicyclic) bond motifs is 1. The van der Waals surface area contributed by atoms with Gasteiger partial charge in [-0.3, -0.25) is 9.78 Å². The minimum atomic E-state index is -0.221. The van der Waals surface area contributed by atoms with Gasteiger partial charge >= 0.3 is 0 Å². The molecule has 0 aliphatic heterocycles. The zero-order valence-electron chi connectivity index (χ0n) is 16.2. The van der Waals surface area contributed by atoms with Gasteiger partial charge in [-0.25, -0.2) is 5.43 Å². The van der Waals surface area contributed by atoms with Crippen molar-refractivity contribution in [3.63, 3.8) is 0 Å². The van der Waals surface area contributed by atoms with Gasteiger partial charge in [0.15, 0.2) is 11.5 Å². The Kier molecular flexibility index (Phi) is 6.95. The summed E-state index contributed by atoms with van der Waals surface area (Å²) in [6, 6.07) is 13.3. The van der Waals surface area contributed by atoms with Crippen LogP contribution in [0.15, 0.2) is 52.5 Å². The standard InChI is InChI=1S/C21H20ClN3O3S/c1-13-10-18(15-6-4-5-7-16(15)24-13)29-12-19(26)25-23-11-14-8-9-17(27-2)21(28-3)20(14)22/h4-11H,12H2,1-3H3,(H,25,26)/b23-11+. The fraction of sp³-hybridized carbons (Fsp3) is 0.190. The average Bonchev–Trinajstić information content (AvgIpc) is 2.72. The highest BCUT2D eigenvalue weighted by Gasteiger charge is 2.12. The van der Waals surface area contributed by atoms with Crippen molar-refractivity contribution in [2.75, 3.05) is 20.0 Å². The van der Waals surface area contributed by atoms with Crippen LogP contribution in [-0.4, -0.2) is 37.1 Å². The van der Waals surface area contributed by atoms with E-state index in [-0.39, 0.29) is 11.7 Å². The van der Waals surface area contributed by atoms with Crippen molar-refractivity contribution in [3.05, 3.63) is 58.7 Å². The van der Waals surface area contributed by atoms with Crippen LogP contribution in [0.1, 0.15) is 11.3 Å². The SMILES string of the molecule is COc1ccc(/C=N/NC(=O)CSc2cc(C)nc3ccccc23)c(Cl)c1OC. The zero-order valence-corrected chi connectivity index (χ0v) is 17.8. The molecule has 2 aromatic carbocycles. The number of ether oxygens (including phenoxy) is 2. The summed E-state index contributed by atoms with van der Waals surface area (Å²) in [4.78, 5) is 17.7. The van der Waals surface area contributed by atoms with Gasteiger partial charge in [0.2, 0.25) is 5.91 Å². The molecule has 1 heterocycles. The number of rotatable bonds is 7. The number of nitrogens with zero attached hydrogens (tertiary/aromatic N) is 2. The Morgan fingerprint density at radius 3 is 2.79 bits per heavy atom. The highest BCUT2D eigenvalue weighted by Crippen LogP contribution is 2.36. The van der Waals surface area contributed by atoms with Crippen LogP contribution in [0.4, 0.5) is 0 Å². The summed E-state index contributed by atoms with van der Waals surface area (Å²) >= 11 is 7.74. The van der Waals surface area contributed by atoms with E-state index in [1.807, 2.05) is 37.3 Å². The van der Waals surface area contributed by atoms with Gasteiger partial charge in [-0.2, -0.15) is 5.10 Å². The summed E-state index contributed by atoms with van der Waals surface area (Å²) in [5, 5.41) is 5.38. The summed E-state index contributed by atoms with van der Waals surface area (Å²) in [5.41, 5.74) is 4.95. The van der Waals surface area contributed by atoms with Crippen LogP contribution in [0.2, 0.25) is 5.02 Å². The number of hydrazone groups is 1. The molecule has 1 aromatic heterocycles. The molecule has 29 heavy (non-hydrogen) atoms. The molecule has 0 saturated carbocycles. The molecule has 0 fully saturated rings. The third kappa shape index (κ3) is 4.99. The monoisotopic (exact) mass is 429 g/mol. The Labute approximate surface area is 178 Å². The highest BCUT2D eigenvalue weighted by atomic mass is 35.5. The third-order valence-electron chi connectivity index (χ3n) is 4.07. The number of carbonyl (C=O) groups excluding carboxylic acids is 1. The van der Waals surface area contributed by atoms with Crippen molar-refractivity contribution in [1.82, 2.24) is 10.4 Å². The molecular formula is C21H20ClN3O3S. The predicted molar refractivity (Wildman–Crippen MR) is 117 cm³/mol. The van der Waals surface area contributed by atoms with Gasteiger partial charge in [-0.1, -0.05) is 29.8 Å². The summed E-state index contributed by atoms with van der Waals surface area (Å²) in [5.74, 6) is 0.945. The second-order valence-electron chi connectivity index (χ2n) is 6.07. The molecule has 0 aliphatic carbocycles. The summed E-state index contributed by atoms with van der Waals surface area (Å²) in [6.45, 7) is 1.94. The van der Waals surface area contributed by atoms with Crippen molar-refractivity contribution in [1.29, 1.82) is 0 Å². The van der Waals surface area contributed by atoms with Gasteiger partial charge in [0.05, 0.1) is 36.7 Å². The summed E-state index contributed by atoms with van der Waals surface area (Å²) in [7, 11) is 3.04. The topological polar surface area (TPSA) is 72.8 Å². The highest BCUT2D eigenvalue weighted by molar-refractivity contribution is 8.00.